The fourth-order valence-corrected chi connectivity index (χ4v) is 1.54. The summed E-state index contributed by atoms with van der Waals surface area (Å²) in [5.74, 6) is -0.390. The number of anilines is 2. The van der Waals surface area contributed by atoms with Crippen molar-refractivity contribution in [3.63, 3.8) is 0 Å². The van der Waals surface area contributed by atoms with Crippen molar-refractivity contribution in [3.05, 3.63) is 52.4 Å². The Morgan fingerprint density at radius 1 is 1.12 bits per heavy atom. The van der Waals surface area contributed by atoms with E-state index in [4.69, 9.17) is 23.2 Å². The van der Waals surface area contributed by atoms with Crippen LogP contribution in [0.5, 0.6) is 0 Å². The normalized spacial score (nSPS) is 10.2. The van der Waals surface area contributed by atoms with Gasteiger partial charge in [-0.05, 0) is 24.3 Å². The lowest BCUT2D eigenvalue weighted by Gasteiger charge is -2.06. The van der Waals surface area contributed by atoms with Gasteiger partial charge in [0.05, 0.1) is 5.02 Å². The van der Waals surface area contributed by atoms with E-state index >= 15 is 0 Å². The van der Waals surface area contributed by atoms with Gasteiger partial charge in [0, 0.05) is 16.9 Å². The standard InChI is InChI=1S/C11H7Cl2FN2/c12-7-2-1-3-9(4-7)16-11-10(14)5-8(13)6-15-11/h1-6H,(H,15,16). The van der Waals surface area contributed by atoms with Gasteiger partial charge in [0.15, 0.2) is 11.6 Å². The molecule has 0 unspecified atom stereocenters. The van der Waals surface area contributed by atoms with Crippen LogP contribution in [0.15, 0.2) is 36.5 Å². The third-order valence-electron chi connectivity index (χ3n) is 1.90. The van der Waals surface area contributed by atoms with Crippen LogP contribution in [0.4, 0.5) is 15.9 Å². The number of hydrogen-bond donors (Lipinski definition) is 1. The van der Waals surface area contributed by atoms with Gasteiger partial charge in [0.1, 0.15) is 0 Å². The number of aromatic nitrogens is 1. The van der Waals surface area contributed by atoms with Gasteiger partial charge in [-0.3, -0.25) is 0 Å². The summed E-state index contributed by atoms with van der Waals surface area (Å²) < 4.78 is 13.4. The molecule has 0 aliphatic carbocycles. The first-order valence-corrected chi connectivity index (χ1v) is 5.24. The molecule has 5 heteroatoms. The predicted octanol–water partition coefficient (Wildman–Crippen LogP) is 4.27. The molecular formula is C11H7Cl2FN2. The Labute approximate surface area is 102 Å². The molecule has 0 saturated carbocycles. The molecule has 1 aromatic carbocycles. The molecular weight excluding hydrogens is 250 g/mol. The van der Waals surface area contributed by atoms with Crippen LogP contribution < -0.4 is 5.32 Å². The summed E-state index contributed by atoms with van der Waals surface area (Å²) in [5.41, 5.74) is 0.668. The molecule has 0 aliphatic heterocycles. The molecule has 1 N–H and O–H groups in total. The van der Waals surface area contributed by atoms with Crippen molar-refractivity contribution in [3.8, 4) is 0 Å². The number of pyridine rings is 1. The minimum Gasteiger partial charge on any atom is -0.338 e. The van der Waals surface area contributed by atoms with Crippen molar-refractivity contribution < 1.29 is 4.39 Å². The zero-order chi connectivity index (χ0) is 11.5. The van der Waals surface area contributed by atoms with Crippen molar-refractivity contribution in [2.75, 3.05) is 5.32 Å². The molecule has 2 nitrogen and oxygen atoms in total. The van der Waals surface area contributed by atoms with Gasteiger partial charge >= 0.3 is 0 Å². The summed E-state index contributed by atoms with van der Waals surface area (Å²) in [7, 11) is 0. The van der Waals surface area contributed by atoms with E-state index in [0.29, 0.717) is 10.7 Å². The predicted molar refractivity (Wildman–Crippen MR) is 63.9 cm³/mol. The van der Waals surface area contributed by atoms with Gasteiger partial charge in [-0.2, -0.15) is 0 Å². The quantitative estimate of drug-likeness (QED) is 0.868. The van der Waals surface area contributed by atoms with Gasteiger partial charge in [-0.1, -0.05) is 29.3 Å². The molecule has 16 heavy (non-hydrogen) atoms. The molecule has 0 bridgehead atoms. The minimum atomic E-state index is -0.507. The number of benzene rings is 1. The Morgan fingerprint density at radius 3 is 2.62 bits per heavy atom. The maximum absolute atomic E-state index is 13.4. The average Bonchev–Trinajstić information content (AvgIpc) is 2.22. The number of rotatable bonds is 2. The summed E-state index contributed by atoms with van der Waals surface area (Å²) in [6, 6.07) is 8.14. The van der Waals surface area contributed by atoms with Crippen LogP contribution in [0.25, 0.3) is 0 Å². The van der Waals surface area contributed by atoms with E-state index in [0.717, 1.165) is 0 Å². The van der Waals surface area contributed by atoms with Crippen molar-refractivity contribution in [1.82, 2.24) is 4.98 Å². The Bertz CT molecular complexity index is 517. The number of halogens is 3. The largest absolute Gasteiger partial charge is 0.338 e. The van der Waals surface area contributed by atoms with Crippen LogP contribution in [0.2, 0.25) is 10.0 Å². The lowest BCUT2D eigenvalue weighted by atomic mass is 10.3. The first-order chi connectivity index (χ1) is 7.65. The molecule has 2 rings (SSSR count). The molecule has 0 saturated heterocycles. The zero-order valence-electron chi connectivity index (χ0n) is 8.05. The minimum absolute atomic E-state index is 0.117. The highest BCUT2D eigenvalue weighted by Gasteiger charge is 2.04. The summed E-state index contributed by atoms with van der Waals surface area (Å²) in [5, 5.41) is 3.64. The van der Waals surface area contributed by atoms with Gasteiger partial charge < -0.3 is 5.32 Å². The highest BCUT2D eigenvalue weighted by Crippen LogP contribution is 2.22. The third-order valence-corrected chi connectivity index (χ3v) is 2.34. The molecule has 0 radical (unpaired) electrons. The topological polar surface area (TPSA) is 24.9 Å². The van der Waals surface area contributed by atoms with Crippen LogP contribution in [0.3, 0.4) is 0 Å². The van der Waals surface area contributed by atoms with Crippen molar-refractivity contribution in [2.45, 2.75) is 0 Å². The van der Waals surface area contributed by atoms with Crippen molar-refractivity contribution in [1.29, 1.82) is 0 Å². The highest BCUT2D eigenvalue weighted by molar-refractivity contribution is 6.31. The van der Waals surface area contributed by atoms with E-state index in [-0.39, 0.29) is 10.8 Å². The zero-order valence-corrected chi connectivity index (χ0v) is 9.56. The van der Waals surface area contributed by atoms with E-state index in [1.165, 1.54) is 12.3 Å². The Kier molecular flexibility index (Phi) is 3.27. The molecule has 1 heterocycles. The average molecular weight is 257 g/mol. The molecule has 0 amide bonds. The van der Waals surface area contributed by atoms with E-state index in [2.05, 4.69) is 10.3 Å². The van der Waals surface area contributed by atoms with Gasteiger partial charge in [-0.25, -0.2) is 9.37 Å². The summed E-state index contributed by atoms with van der Waals surface area (Å²) in [4.78, 5) is 3.84. The third kappa shape index (κ3) is 2.62. The molecule has 1 aromatic heterocycles. The van der Waals surface area contributed by atoms with Crippen molar-refractivity contribution in [2.24, 2.45) is 0 Å². The van der Waals surface area contributed by atoms with Crippen LogP contribution in [-0.2, 0) is 0 Å². The maximum Gasteiger partial charge on any atom is 0.167 e. The fourth-order valence-electron chi connectivity index (χ4n) is 1.21. The smallest absolute Gasteiger partial charge is 0.167 e. The van der Waals surface area contributed by atoms with Gasteiger partial charge in [0.2, 0.25) is 0 Å². The molecule has 0 aliphatic rings. The van der Waals surface area contributed by atoms with E-state index < -0.39 is 5.82 Å². The summed E-state index contributed by atoms with van der Waals surface area (Å²) >= 11 is 11.4. The van der Waals surface area contributed by atoms with Crippen LogP contribution in [0.1, 0.15) is 0 Å². The van der Waals surface area contributed by atoms with Crippen molar-refractivity contribution >= 4 is 34.7 Å². The molecule has 0 spiro atoms. The second-order valence-electron chi connectivity index (χ2n) is 3.12. The first kappa shape index (κ1) is 11.2. The first-order valence-electron chi connectivity index (χ1n) is 4.49. The summed E-state index contributed by atoms with van der Waals surface area (Å²) in [6.07, 6.45) is 1.37. The van der Waals surface area contributed by atoms with Gasteiger partial charge in [0.25, 0.3) is 0 Å². The van der Waals surface area contributed by atoms with E-state index in [9.17, 15) is 4.39 Å². The number of hydrogen-bond acceptors (Lipinski definition) is 2. The Morgan fingerprint density at radius 2 is 1.94 bits per heavy atom. The summed E-state index contributed by atoms with van der Waals surface area (Å²) in [6.45, 7) is 0. The SMILES string of the molecule is Fc1cc(Cl)cnc1Nc1cccc(Cl)c1. The fraction of sp³-hybridized carbons (Fsp3) is 0. The van der Waals surface area contributed by atoms with Crippen LogP contribution in [0, 0.1) is 5.82 Å². The number of nitrogens with one attached hydrogen (secondary N) is 1. The van der Waals surface area contributed by atoms with Gasteiger partial charge in [-0.15, -0.1) is 0 Å². The second-order valence-corrected chi connectivity index (χ2v) is 3.99. The van der Waals surface area contributed by atoms with E-state index in [1.54, 1.807) is 24.3 Å². The lowest BCUT2D eigenvalue weighted by Crippen LogP contribution is -1.96. The molecule has 0 atom stereocenters. The van der Waals surface area contributed by atoms with Crippen LogP contribution in [-0.4, -0.2) is 4.98 Å². The molecule has 0 fully saturated rings. The Hall–Kier alpha value is -1.32. The molecule has 2 aromatic rings. The van der Waals surface area contributed by atoms with Crippen LogP contribution >= 0.6 is 23.2 Å². The second kappa shape index (κ2) is 4.68. The monoisotopic (exact) mass is 256 g/mol. The maximum atomic E-state index is 13.4. The Balaban J connectivity index is 2.27. The highest BCUT2D eigenvalue weighted by atomic mass is 35.5. The lowest BCUT2D eigenvalue weighted by molar-refractivity contribution is 0.626. The molecule has 82 valence electrons. The number of nitrogens with zero attached hydrogens (tertiary/aromatic N) is 1. The van der Waals surface area contributed by atoms with E-state index in [1.807, 2.05) is 0 Å².